The molecule has 1 aromatic rings. The third kappa shape index (κ3) is 2.98. The Kier molecular flexibility index (Phi) is 4.27. The predicted molar refractivity (Wildman–Crippen MR) is 75.4 cm³/mol. The number of alkyl carbamates (subject to hydrolysis) is 1. The van der Waals surface area contributed by atoms with Crippen molar-refractivity contribution in [3.8, 4) is 0 Å². The highest BCUT2D eigenvalue weighted by atomic mass is 16.5. The van der Waals surface area contributed by atoms with Gasteiger partial charge in [0.1, 0.15) is 0 Å². The number of ether oxygens (including phenoxy) is 1. The quantitative estimate of drug-likeness (QED) is 0.862. The van der Waals surface area contributed by atoms with Crippen molar-refractivity contribution in [1.29, 1.82) is 0 Å². The van der Waals surface area contributed by atoms with Crippen molar-refractivity contribution < 1.29 is 9.53 Å². The molecule has 1 atom stereocenters. The number of carbonyl (C=O) groups is 1. The molecule has 0 saturated carbocycles. The van der Waals surface area contributed by atoms with E-state index in [2.05, 4.69) is 29.4 Å². The van der Waals surface area contributed by atoms with Crippen LogP contribution in [-0.2, 0) is 11.2 Å². The molecule has 1 amide bonds. The predicted octanol–water partition coefficient (Wildman–Crippen LogP) is 1.42. The molecule has 2 rings (SSSR count). The minimum atomic E-state index is -0.421. The number of nitrogens with one attached hydrogen (secondary N) is 1. The number of rotatable bonds is 4. The van der Waals surface area contributed by atoms with E-state index in [-0.39, 0.29) is 6.04 Å². The number of anilines is 1. The number of likely N-dealkylation sites (N-methyl/N-ethyl adjacent to an activating group) is 1. The van der Waals surface area contributed by atoms with Gasteiger partial charge in [-0.1, -0.05) is 12.1 Å². The number of fused-ring (bicyclic) bond motifs is 1. The molecular weight excluding hydrogens is 242 g/mol. The van der Waals surface area contributed by atoms with E-state index in [1.165, 1.54) is 11.3 Å². The summed E-state index contributed by atoms with van der Waals surface area (Å²) in [4.78, 5) is 13.7. The Morgan fingerprint density at radius 1 is 1.58 bits per heavy atom. The van der Waals surface area contributed by atoms with E-state index >= 15 is 0 Å². The summed E-state index contributed by atoms with van der Waals surface area (Å²) < 4.78 is 4.89. The standard InChI is InChI=1S/C14H21N3O2/c1-3-19-14(18)16-12(9-15)10-4-5-13-11(8-10)6-7-17(13)2/h4-5,8,12H,3,6-7,9,15H2,1-2H3,(H,16,18). The lowest BCUT2D eigenvalue weighted by Crippen LogP contribution is -2.33. The number of hydrogen-bond donors (Lipinski definition) is 2. The highest BCUT2D eigenvalue weighted by Gasteiger charge is 2.19. The lowest BCUT2D eigenvalue weighted by atomic mass is 10.0. The molecule has 5 nitrogen and oxygen atoms in total. The summed E-state index contributed by atoms with van der Waals surface area (Å²) >= 11 is 0. The third-order valence-corrected chi connectivity index (χ3v) is 3.44. The van der Waals surface area contributed by atoms with E-state index in [9.17, 15) is 4.79 Å². The summed E-state index contributed by atoms with van der Waals surface area (Å²) in [5, 5.41) is 2.79. The maximum Gasteiger partial charge on any atom is 0.407 e. The van der Waals surface area contributed by atoms with Crippen LogP contribution in [0.4, 0.5) is 10.5 Å². The number of nitrogens with zero attached hydrogens (tertiary/aromatic N) is 1. The highest BCUT2D eigenvalue weighted by Crippen LogP contribution is 2.29. The number of amides is 1. The fourth-order valence-electron chi connectivity index (χ4n) is 2.40. The van der Waals surface area contributed by atoms with Gasteiger partial charge in [0, 0.05) is 25.8 Å². The van der Waals surface area contributed by atoms with Crippen molar-refractivity contribution in [3.05, 3.63) is 29.3 Å². The van der Waals surface area contributed by atoms with Gasteiger partial charge in [-0.25, -0.2) is 4.79 Å². The van der Waals surface area contributed by atoms with Crippen molar-refractivity contribution >= 4 is 11.8 Å². The van der Waals surface area contributed by atoms with Gasteiger partial charge in [0.15, 0.2) is 0 Å². The number of hydrogen-bond acceptors (Lipinski definition) is 4. The first-order valence-electron chi connectivity index (χ1n) is 6.63. The van der Waals surface area contributed by atoms with Crippen molar-refractivity contribution in [1.82, 2.24) is 5.32 Å². The van der Waals surface area contributed by atoms with E-state index in [4.69, 9.17) is 10.5 Å². The maximum absolute atomic E-state index is 11.5. The first-order chi connectivity index (χ1) is 9.15. The highest BCUT2D eigenvalue weighted by molar-refractivity contribution is 5.68. The van der Waals surface area contributed by atoms with Crippen LogP contribution in [0.5, 0.6) is 0 Å². The zero-order valence-electron chi connectivity index (χ0n) is 11.5. The molecule has 5 heteroatoms. The average Bonchev–Trinajstić information content (AvgIpc) is 2.77. The van der Waals surface area contributed by atoms with Crippen LogP contribution in [-0.4, -0.2) is 32.8 Å². The minimum absolute atomic E-state index is 0.199. The number of benzene rings is 1. The molecule has 1 aliphatic heterocycles. The van der Waals surface area contributed by atoms with Crippen molar-refractivity contribution in [2.24, 2.45) is 5.73 Å². The zero-order valence-corrected chi connectivity index (χ0v) is 11.5. The smallest absolute Gasteiger partial charge is 0.407 e. The van der Waals surface area contributed by atoms with Gasteiger partial charge < -0.3 is 20.7 Å². The van der Waals surface area contributed by atoms with Gasteiger partial charge >= 0.3 is 6.09 Å². The molecule has 1 aliphatic rings. The third-order valence-electron chi connectivity index (χ3n) is 3.44. The Morgan fingerprint density at radius 3 is 3.05 bits per heavy atom. The van der Waals surface area contributed by atoms with Crippen LogP contribution >= 0.6 is 0 Å². The van der Waals surface area contributed by atoms with Gasteiger partial charge in [-0.15, -0.1) is 0 Å². The molecule has 0 spiro atoms. The molecule has 0 aliphatic carbocycles. The summed E-state index contributed by atoms with van der Waals surface area (Å²) in [5.41, 5.74) is 9.34. The summed E-state index contributed by atoms with van der Waals surface area (Å²) in [6.07, 6.45) is 0.617. The van der Waals surface area contributed by atoms with E-state index in [0.29, 0.717) is 13.2 Å². The van der Waals surface area contributed by atoms with Crippen molar-refractivity contribution in [3.63, 3.8) is 0 Å². The van der Waals surface area contributed by atoms with E-state index in [1.807, 2.05) is 6.07 Å². The van der Waals surface area contributed by atoms with Crippen molar-refractivity contribution in [2.75, 3.05) is 31.6 Å². The molecule has 1 heterocycles. The Balaban J connectivity index is 2.13. The van der Waals surface area contributed by atoms with Crippen LogP contribution in [0.1, 0.15) is 24.1 Å². The van der Waals surface area contributed by atoms with E-state index < -0.39 is 6.09 Å². The molecule has 104 valence electrons. The van der Waals surface area contributed by atoms with Gasteiger partial charge in [0.2, 0.25) is 0 Å². The molecular formula is C14H21N3O2. The Bertz CT molecular complexity index is 462. The monoisotopic (exact) mass is 263 g/mol. The molecule has 0 radical (unpaired) electrons. The molecule has 1 aromatic carbocycles. The molecule has 19 heavy (non-hydrogen) atoms. The summed E-state index contributed by atoms with van der Waals surface area (Å²) in [6, 6.07) is 6.04. The first kappa shape index (κ1) is 13.7. The molecule has 0 bridgehead atoms. The molecule has 1 unspecified atom stereocenters. The van der Waals surface area contributed by atoms with E-state index in [0.717, 1.165) is 18.5 Å². The maximum atomic E-state index is 11.5. The van der Waals surface area contributed by atoms with Gasteiger partial charge in [0.05, 0.1) is 12.6 Å². The average molecular weight is 263 g/mol. The van der Waals surface area contributed by atoms with Crippen LogP contribution < -0.4 is 16.0 Å². The van der Waals surface area contributed by atoms with Gasteiger partial charge in [0.25, 0.3) is 0 Å². The number of carbonyl (C=O) groups excluding carboxylic acids is 1. The summed E-state index contributed by atoms with van der Waals surface area (Å²) in [7, 11) is 2.09. The second kappa shape index (κ2) is 5.93. The van der Waals surface area contributed by atoms with Gasteiger partial charge in [-0.2, -0.15) is 0 Å². The molecule has 0 aromatic heterocycles. The Morgan fingerprint density at radius 2 is 2.37 bits per heavy atom. The Labute approximate surface area is 113 Å². The molecule has 0 saturated heterocycles. The van der Waals surface area contributed by atoms with Crippen LogP contribution in [0.15, 0.2) is 18.2 Å². The van der Waals surface area contributed by atoms with Crippen LogP contribution in [0.3, 0.4) is 0 Å². The van der Waals surface area contributed by atoms with Crippen LogP contribution in [0, 0.1) is 0 Å². The topological polar surface area (TPSA) is 67.6 Å². The Hall–Kier alpha value is -1.75. The number of nitrogens with two attached hydrogens (primary N) is 1. The van der Waals surface area contributed by atoms with Crippen molar-refractivity contribution in [2.45, 2.75) is 19.4 Å². The fraction of sp³-hybridized carbons (Fsp3) is 0.500. The minimum Gasteiger partial charge on any atom is -0.450 e. The lowest BCUT2D eigenvalue weighted by molar-refractivity contribution is 0.148. The zero-order chi connectivity index (χ0) is 13.8. The lowest BCUT2D eigenvalue weighted by Gasteiger charge is -2.18. The van der Waals surface area contributed by atoms with E-state index in [1.54, 1.807) is 6.92 Å². The van der Waals surface area contributed by atoms with Gasteiger partial charge in [-0.05, 0) is 30.5 Å². The second-order valence-electron chi connectivity index (χ2n) is 4.71. The largest absolute Gasteiger partial charge is 0.450 e. The summed E-state index contributed by atoms with van der Waals surface area (Å²) in [5.74, 6) is 0. The second-order valence-corrected chi connectivity index (χ2v) is 4.71. The molecule has 0 fully saturated rings. The van der Waals surface area contributed by atoms with Crippen LogP contribution in [0.2, 0.25) is 0 Å². The summed E-state index contributed by atoms with van der Waals surface area (Å²) in [6.45, 7) is 3.53. The first-order valence-corrected chi connectivity index (χ1v) is 6.63. The van der Waals surface area contributed by atoms with Gasteiger partial charge in [-0.3, -0.25) is 0 Å². The SMILES string of the molecule is CCOC(=O)NC(CN)c1ccc2c(c1)CCN2C. The fourth-order valence-corrected chi connectivity index (χ4v) is 2.40. The normalized spacial score (nSPS) is 15.0. The van der Waals surface area contributed by atoms with Crippen LogP contribution in [0.25, 0.3) is 0 Å². The molecule has 3 N–H and O–H groups in total.